The van der Waals surface area contributed by atoms with Crippen molar-refractivity contribution in [3.63, 3.8) is 0 Å². The Labute approximate surface area is 233 Å². The van der Waals surface area contributed by atoms with E-state index in [0.29, 0.717) is 5.75 Å². The van der Waals surface area contributed by atoms with E-state index in [2.05, 4.69) is 5.32 Å². The number of aryl methyl sites for hydroxylation is 1. The van der Waals surface area contributed by atoms with E-state index in [1.165, 1.54) is 42.3 Å². The summed E-state index contributed by atoms with van der Waals surface area (Å²) in [5.41, 5.74) is 1.64. The number of benzene rings is 3. The van der Waals surface area contributed by atoms with Crippen molar-refractivity contribution in [3.8, 4) is 5.75 Å². The number of halogens is 2. The van der Waals surface area contributed by atoms with E-state index in [0.717, 1.165) is 15.4 Å². The number of likely N-dealkylation sites (N-methyl/N-ethyl adjacent to an activating group) is 1. The van der Waals surface area contributed by atoms with Gasteiger partial charge >= 0.3 is 0 Å². The molecule has 0 bridgehead atoms. The maximum atomic E-state index is 13.8. The number of hydrogen-bond donors (Lipinski definition) is 1. The Hall–Kier alpha value is -3.27. The number of rotatable bonds is 10. The van der Waals surface area contributed by atoms with Gasteiger partial charge in [-0.2, -0.15) is 0 Å². The minimum Gasteiger partial charge on any atom is -0.497 e. The van der Waals surface area contributed by atoms with Crippen LogP contribution in [0.15, 0.2) is 71.6 Å². The van der Waals surface area contributed by atoms with Crippen molar-refractivity contribution in [1.29, 1.82) is 0 Å². The molecule has 0 saturated carbocycles. The Morgan fingerprint density at radius 3 is 2.21 bits per heavy atom. The van der Waals surface area contributed by atoms with Gasteiger partial charge in [0.2, 0.25) is 11.8 Å². The zero-order valence-corrected chi connectivity index (χ0v) is 23.8. The highest BCUT2D eigenvalue weighted by molar-refractivity contribution is 7.92. The predicted octanol–water partition coefficient (Wildman–Crippen LogP) is 4.67. The lowest BCUT2D eigenvalue weighted by Gasteiger charge is -2.32. The van der Waals surface area contributed by atoms with Gasteiger partial charge in [0.15, 0.2) is 0 Å². The van der Waals surface area contributed by atoms with Gasteiger partial charge in [0.1, 0.15) is 18.3 Å². The van der Waals surface area contributed by atoms with E-state index in [-0.39, 0.29) is 27.2 Å². The number of methoxy groups -OCH3 is 1. The van der Waals surface area contributed by atoms with E-state index in [1.54, 1.807) is 50.4 Å². The normalized spacial score (nSPS) is 11.9. The Morgan fingerprint density at radius 2 is 1.63 bits per heavy atom. The first-order valence-electron chi connectivity index (χ1n) is 11.7. The van der Waals surface area contributed by atoms with Gasteiger partial charge in [-0.25, -0.2) is 8.42 Å². The number of nitrogens with zero attached hydrogens (tertiary/aromatic N) is 2. The van der Waals surface area contributed by atoms with Crippen LogP contribution in [0.25, 0.3) is 0 Å². The average Bonchev–Trinajstić information content (AvgIpc) is 2.91. The molecule has 0 unspecified atom stereocenters. The Balaban J connectivity index is 2.06. The van der Waals surface area contributed by atoms with E-state index in [4.69, 9.17) is 27.9 Å². The topological polar surface area (TPSA) is 96.0 Å². The average molecular weight is 579 g/mol. The highest BCUT2D eigenvalue weighted by Crippen LogP contribution is 2.33. The van der Waals surface area contributed by atoms with Crippen molar-refractivity contribution in [3.05, 3.63) is 87.9 Å². The molecule has 2 amide bonds. The molecule has 0 radical (unpaired) electrons. The number of anilines is 1. The number of carbonyl (C=O) groups excluding carboxylic acids is 2. The van der Waals surface area contributed by atoms with E-state index < -0.39 is 34.4 Å². The minimum absolute atomic E-state index is 0.0204. The van der Waals surface area contributed by atoms with Gasteiger partial charge in [0.25, 0.3) is 10.0 Å². The van der Waals surface area contributed by atoms with Crippen LogP contribution in [0, 0.1) is 6.92 Å². The van der Waals surface area contributed by atoms with Crippen molar-refractivity contribution in [2.45, 2.75) is 31.3 Å². The molecule has 0 aliphatic rings. The number of ether oxygens (including phenoxy) is 1. The van der Waals surface area contributed by atoms with Crippen LogP contribution in [0.5, 0.6) is 5.75 Å². The molecule has 1 atom stereocenters. The Bertz CT molecular complexity index is 1400. The summed E-state index contributed by atoms with van der Waals surface area (Å²) in [6.07, 6.45) is 0. The molecule has 0 spiro atoms. The van der Waals surface area contributed by atoms with Gasteiger partial charge in [-0.3, -0.25) is 13.9 Å². The molecule has 11 heteroatoms. The van der Waals surface area contributed by atoms with Gasteiger partial charge in [0, 0.05) is 18.6 Å². The minimum atomic E-state index is -4.25. The second-order valence-corrected chi connectivity index (χ2v) is 11.3. The fourth-order valence-corrected chi connectivity index (χ4v) is 5.61. The molecule has 0 aliphatic carbocycles. The summed E-state index contributed by atoms with van der Waals surface area (Å²) < 4.78 is 33.7. The standard InChI is InChI=1S/C27H29Cl2N3O5S/c1-18-5-12-23(13-6-18)38(35,36)32(25-15-21(28)9-14-24(25)29)17-26(33)31(19(2)27(34)30-3)16-20-7-10-22(37-4)11-8-20/h5-15,19H,16-17H2,1-4H3,(H,30,34)/t19-/m1/s1. The molecule has 3 aromatic carbocycles. The monoisotopic (exact) mass is 577 g/mol. The van der Waals surface area contributed by atoms with Crippen LogP contribution in [0.3, 0.4) is 0 Å². The van der Waals surface area contributed by atoms with Crippen LogP contribution in [0.2, 0.25) is 10.0 Å². The molecule has 8 nitrogen and oxygen atoms in total. The maximum Gasteiger partial charge on any atom is 0.264 e. The van der Waals surface area contributed by atoms with Crippen molar-refractivity contribution >= 4 is 50.7 Å². The molecule has 38 heavy (non-hydrogen) atoms. The van der Waals surface area contributed by atoms with Gasteiger partial charge in [-0.1, -0.05) is 53.0 Å². The van der Waals surface area contributed by atoms with Gasteiger partial charge < -0.3 is 15.0 Å². The summed E-state index contributed by atoms with van der Waals surface area (Å²) in [5, 5.41) is 2.89. The molecular weight excluding hydrogens is 549 g/mol. The third-order valence-electron chi connectivity index (χ3n) is 5.99. The molecule has 0 aromatic heterocycles. The molecule has 202 valence electrons. The van der Waals surface area contributed by atoms with Crippen LogP contribution in [0.1, 0.15) is 18.1 Å². The molecule has 1 N–H and O–H groups in total. The highest BCUT2D eigenvalue weighted by atomic mass is 35.5. The number of hydrogen-bond acceptors (Lipinski definition) is 5. The van der Waals surface area contributed by atoms with Crippen molar-refractivity contribution in [1.82, 2.24) is 10.2 Å². The fraction of sp³-hybridized carbons (Fsp3) is 0.259. The van der Waals surface area contributed by atoms with Crippen LogP contribution in [-0.2, 0) is 26.2 Å². The largest absolute Gasteiger partial charge is 0.497 e. The number of amides is 2. The van der Waals surface area contributed by atoms with Crippen molar-refractivity contribution < 1.29 is 22.7 Å². The molecule has 3 aromatic rings. The van der Waals surface area contributed by atoms with E-state index >= 15 is 0 Å². The molecule has 0 fully saturated rings. The SMILES string of the molecule is CNC(=O)[C@@H](C)N(Cc1ccc(OC)cc1)C(=O)CN(c1cc(Cl)ccc1Cl)S(=O)(=O)c1ccc(C)cc1. The van der Waals surface area contributed by atoms with Crippen LogP contribution < -0.4 is 14.4 Å². The van der Waals surface area contributed by atoms with Crippen molar-refractivity contribution in [2.75, 3.05) is 25.0 Å². The quantitative estimate of drug-likeness (QED) is 0.378. The lowest BCUT2D eigenvalue weighted by molar-refractivity contribution is -0.139. The third-order valence-corrected chi connectivity index (χ3v) is 8.32. The summed E-state index contributed by atoms with van der Waals surface area (Å²) in [6.45, 7) is 2.85. The lowest BCUT2D eigenvalue weighted by atomic mass is 10.1. The van der Waals surface area contributed by atoms with E-state index in [1.807, 2.05) is 6.92 Å². The molecule has 0 aliphatic heterocycles. The van der Waals surface area contributed by atoms with Gasteiger partial charge in [0.05, 0.1) is 22.7 Å². The van der Waals surface area contributed by atoms with Gasteiger partial charge in [-0.15, -0.1) is 0 Å². The molecule has 3 rings (SSSR count). The number of carbonyl (C=O) groups is 2. The smallest absolute Gasteiger partial charge is 0.264 e. The summed E-state index contributed by atoms with van der Waals surface area (Å²) in [7, 11) is -1.24. The molecule has 0 heterocycles. The van der Waals surface area contributed by atoms with E-state index in [9.17, 15) is 18.0 Å². The number of sulfonamides is 1. The maximum absolute atomic E-state index is 13.8. The number of nitrogens with one attached hydrogen (secondary N) is 1. The molecule has 0 saturated heterocycles. The second kappa shape index (κ2) is 12.5. The zero-order valence-electron chi connectivity index (χ0n) is 21.4. The summed E-state index contributed by atoms with van der Waals surface area (Å²) in [5.74, 6) is -0.374. The Kier molecular flexibility index (Phi) is 9.65. The lowest BCUT2D eigenvalue weighted by Crippen LogP contribution is -2.50. The first-order valence-corrected chi connectivity index (χ1v) is 13.9. The third kappa shape index (κ3) is 6.78. The first-order chi connectivity index (χ1) is 18.0. The predicted molar refractivity (Wildman–Crippen MR) is 149 cm³/mol. The summed E-state index contributed by atoms with van der Waals surface area (Å²) in [4.78, 5) is 27.6. The fourth-order valence-electron chi connectivity index (χ4n) is 3.75. The van der Waals surface area contributed by atoms with Gasteiger partial charge in [-0.05, 0) is 61.9 Å². The second-order valence-electron chi connectivity index (χ2n) is 8.58. The van der Waals surface area contributed by atoms with Crippen molar-refractivity contribution in [2.24, 2.45) is 0 Å². The highest BCUT2D eigenvalue weighted by Gasteiger charge is 2.33. The summed E-state index contributed by atoms with van der Waals surface area (Å²) >= 11 is 12.6. The van der Waals surface area contributed by atoms with Crippen LogP contribution in [-0.4, -0.2) is 51.9 Å². The van der Waals surface area contributed by atoms with Crippen LogP contribution in [0.4, 0.5) is 5.69 Å². The summed E-state index contributed by atoms with van der Waals surface area (Å²) in [6, 6.07) is 16.7. The molecular formula is C27H29Cl2N3O5S. The van der Waals surface area contributed by atoms with Crippen LogP contribution >= 0.6 is 23.2 Å². The Morgan fingerprint density at radius 1 is 1.00 bits per heavy atom. The zero-order chi connectivity index (χ0) is 28.0. The first kappa shape index (κ1) is 29.3.